The van der Waals surface area contributed by atoms with E-state index in [0.29, 0.717) is 28.8 Å². The van der Waals surface area contributed by atoms with E-state index in [0.717, 1.165) is 83.7 Å². The molecule has 8 rings (SSSR count). The van der Waals surface area contributed by atoms with Gasteiger partial charge in [0.05, 0.1) is 0 Å². The number of aromatic nitrogens is 2. The van der Waals surface area contributed by atoms with Crippen LogP contribution in [0.15, 0.2) is 98.8 Å². The molecule has 0 fully saturated rings. The summed E-state index contributed by atoms with van der Waals surface area (Å²) in [6.45, 7) is 17.9. The molecule has 0 amide bonds. The van der Waals surface area contributed by atoms with Crippen LogP contribution >= 0.6 is 10.1 Å². The first-order valence-corrected chi connectivity index (χ1v) is 20.8. The summed E-state index contributed by atoms with van der Waals surface area (Å²) >= 11 is -1.91. The molecule has 5 aliphatic rings. The third kappa shape index (κ3) is 6.75. The van der Waals surface area contributed by atoms with Gasteiger partial charge in [-0.3, -0.25) is 9.59 Å². The average Bonchev–Trinajstić information content (AvgIpc) is 3.81. The number of carbonyl (C=O) groups excluding carboxylic acids is 2. The Morgan fingerprint density at radius 3 is 2.04 bits per heavy atom. The Bertz CT molecular complexity index is 2780. The number of nitrogens with zero attached hydrogens (tertiary/aromatic N) is 4. The van der Waals surface area contributed by atoms with Crippen LogP contribution in [0.3, 0.4) is 0 Å². The molecule has 57 heavy (non-hydrogen) atoms. The van der Waals surface area contributed by atoms with Crippen molar-refractivity contribution in [1.82, 2.24) is 7.17 Å². The molecule has 0 atom stereocenters. The fraction of sp³-hybridized carbons (Fsp3) is 0.200. The van der Waals surface area contributed by atoms with E-state index in [-0.39, 0.29) is 30.8 Å². The van der Waals surface area contributed by atoms with Crippen molar-refractivity contribution >= 4 is 75.4 Å². The monoisotopic (exact) mass is 823 g/mol. The molecular formula is C45H40ClFeN4O6. The van der Waals surface area contributed by atoms with Crippen LogP contribution in [-0.2, 0) is 29.4 Å². The molecule has 1 aromatic carbocycles. The van der Waals surface area contributed by atoms with Gasteiger partial charge in [-0.15, -0.1) is 0 Å². The number of carbonyl (C=O) groups is 4. The second kappa shape index (κ2) is 15.2. The molecule has 0 radical (unpaired) electrons. The van der Waals surface area contributed by atoms with Gasteiger partial charge >= 0.3 is 265 Å². The largest absolute Gasteiger partial charge is 0.289 e. The number of carboxylic acids is 2. The van der Waals surface area contributed by atoms with E-state index in [2.05, 4.69) is 26.4 Å². The summed E-state index contributed by atoms with van der Waals surface area (Å²) in [6.07, 6.45) is 13.6. The smallest absolute Gasteiger partial charge is 0.189 e. The topological polar surface area (TPSA) is 143 Å². The van der Waals surface area contributed by atoms with Gasteiger partial charge in [0.2, 0.25) is 0 Å². The minimum atomic E-state index is -1.91. The Morgan fingerprint density at radius 1 is 0.754 bits per heavy atom. The number of fused-ring (bicyclic) bond motifs is 3. The van der Waals surface area contributed by atoms with E-state index in [1.165, 1.54) is 6.08 Å². The van der Waals surface area contributed by atoms with E-state index < -0.39 is 25.4 Å². The minimum Gasteiger partial charge on any atom is -0.289 e. The molecule has 291 valence electrons. The van der Waals surface area contributed by atoms with Gasteiger partial charge in [-0.25, -0.2) is 0 Å². The number of halogens is 1. The predicted molar refractivity (Wildman–Crippen MR) is 221 cm³/mol. The molecule has 0 spiro atoms. The number of aliphatic carboxylic acids is 2. The van der Waals surface area contributed by atoms with Crippen LogP contribution in [0.1, 0.15) is 94.4 Å². The number of rotatable bonds is 8. The van der Waals surface area contributed by atoms with Gasteiger partial charge in [-0.2, -0.15) is 0 Å². The Kier molecular flexibility index (Phi) is 10.5. The van der Waals surface area contributed by atoms with Gasteiger partial charge in [-0.05, 0) is 13.0 Å². The zero-order chi connectivity index (χ0) is 41.0. The third-order valence-corrected chi connectivity index (χ3v) is 13.7. The summed E-state index contributed by atoms with van der Waals surface area (Å²) in [5.74, 6) is -1.90. The molecular weight excluding hydrogens is 784 g/mol. The Hall–Kier alpha value is -5.87. The number of allylic oxidation sites excluding steroid dienone is 7. The minimum absolute atomic E-state index is 0.0370. The van der Waals surface area contributed by atoms with Crippen molar-refractivity contribution < 1.29 is 42.8 Å². The number of Topliss-reactive ketones (excluding diaryl/α,β-unsaturated/α-hetero) is 1. The fourth-order valence-electron chi connectivity index (χ4n) is 7.71. The van der Waals surface area contributed by atoms with Crippen LogP contribution in [-0.4, -0.2) is 52.3 Å². The summed E-state index contributed by atoms with van der Waals surface area (Å²) < 4.78 is 4.25. The molecule has 3 aromatic rings. The summed E-state index contributed by atoms with van der Waals surface area (Å²) in [4.78, 5) is 56.5. The third-order valence-electron chi connectivity index (χ3n) is 10.8. The van der Waals surface area contributed by atoms with Crippen molar-refractivity contribution in [3.63, 3.8) is 0 Å². The Balaban J connectivity index is 0.000000322. The van der Waals surface area contributed by atoms with Gasteiger partial charge in [0, 0.05) is 16.7 Å². The quantitative estimate of drug-likeness (QED) is 0.226. The zero-order valence-electron chi connectivity index (χ0n) is 32.1. The Labute approximate surface area is 338 Å². The first kappa shape index (κ1) is 39.4. The van der Waals surface area contributed by atoms with Crippen LogP contribution in [0.2, 0.25) is 0 Å². The van der Waals surface area contributed by atoms with Gasteiger partial charge < -0.3 is 0 Å². The summed E-state index contributed by atoms with van der Waals surface area (Å²) in [7, 11) is 7.69. The van der Waals surface area contributed by atoms with Crippen LogP contribution in [0.4, 0.5) is 0 Å². The molecule has 2 N–H and O–H groups in total. The van der Waals surface area contributed by atoms with E-state index in [1.807, 2.05) is 58.1 Å². The molecule has 6 bridgehead atoms. The molecule has 0 unspecified atom stereocenters. The van der Waals surface area contributed by atoms with Crippen LogP contribution in [0, 0.1) is 13.8 Å². The SMILES string of the molecule is C=CC1=C(C)/C2=C/c3c(C=C)c(C)c4[n]3[Fe]([Cl])[n]3/c(c(C)c(CCC(=O)O)/c3=C/C3=NC(=C\4)/C(C)=C3CCC(=O)O)=C\C1=N2.CC1=CC(=O)c2ccccc2C1=O. The van der Waals surface area contributed by atoms with Crippen molar-refractivity contribution in [2.45, 2.75) is 60.3 Å². The molecule has 0 saturated carbocycles. The zero-order valence-corrected chi connectivity index (χ0v) is 34.0. The van der Waals surface area contributed by atoms with Gasteiger partial charge in [0.1, 0.15) is 0 Å². The second-order valence-corrected chi connectivity index (χ2v) is 16.7. The van der Waals surface area contributed by atoms with Crippen LogP contribution in [0.25, 0.3) is 30.4 Å². The normalized spacial score (nSPS) is 19.9. The summed E-state index contributed by atoms with van der Waals surface area (Å²) in [5.41, 5.74) is 13.6. The number of hydrogen-bond donors (Lipinski definition) is 2. The maximum atomic E-state index is 11.8. The van der Waals surface area contributed by atoms with Crippen LogP contribution < -0.4 is 10.7 Å². The predicted octanol–water partition coefficient (Wildman–Crippen LogP) is 7.44. The van der Waals surface area contributed by atoms with Gasteiger partial charge in [-0.1, -0.05) is 24.3 Å². The molecule has 10 nitrogen and oxygen atoms in total. The van der Waals surface area contributed by atoms with Gasteiger partial charge in [0.25, 0.3) is 0 Å². The van der Waals surface area contributed by atoms with E-state index in [1.54, 1.807) is 31.2 Å². The van der Waals surface area contributed by atoms with Crippen molar-refractivity contribution in [2.75, 3.05) is 0 Å². The van der Waals surface area contributed by atoms with Crippen molar-refractivity contribution in [1.29, 1.82) is 0 Å². The molecule has 12 heteroatoms. The first-order valence-electron chi connectivity index (χ1n) is 18.3. The average molecular weight is 824 g/mol. The van der Waals surface area contributed by atoms with E-state index in [9.17, 15) is 29.4 Å². The number of ketones is 2. The van der Waals surface area contributed by atoms with E-state index in [4.69, 9.17) is 20.1 Å². The molecule has 4 aliphatic heterocycles. The van der Waals surface area contributed by atoms with Crippen molar-refractivity contribution in [3.8, 4) is 0 Å². The van der Waals surface area contributed by atoms with E-state index >= 15 is 0 Å². The number of aliphatic imine (C=N–C) groups is 2. The van der Waals surface area contributed by atoms with Crippen molar-refractivity contribution in [3.05, 3.63) is 144 Å². The first-order chi connectivity index (χ1) is 27.2. The standard InChI is InChI=1S/C34H34N4O4.C11H8O2.ClH.Fe/c1-7-21-17(3)25-13-26-19(5)23(9-11-33(39)40)31(37-26)16-32-24(10-12-34(41)42)20(6)28(38-32)15-30-22(8-2)18(4)27(36-30)14-29(21)35-25;1-7-6-10(12)8-4-2-3-5-9(8)11(7)13;;/h7-8,13-16H,1-2,9-12H2,3-6H3,(H4,35,36,37,38,39,40,41,42);2-6H,1H3;1H;/q;;;+3/p-3/b25-13?,26-13-,27-14-,28-15-,29-14?,30-15?,31-16?,32-16-;;;. The fourth-order valence-corrected chi connectivity index (χ4v) is 10.8. The molecule has 0 saturated heterocycles. The molecule has 6 heterocycles. The molecule has 1 aliphatic carbocycles. The Morgan fingerprint density at radius 2 is 1.37 bits per heavy atom. The number of benzene rings is 1. The maximum Gasteiger partial charge on any atom is 0.189 e. The summed E-state index contributed by atoms with van der Waals surface area (Å²) in [5, 5.41) is 20.8. The van der Waals surface area contributed by atoms with Crippen LogP contribution in [0.5, 0.6) is 0 Å². The molecule has 2 aromatic heterocycles. The maximum absolute atomic E-state index is 11.8. The number of carboxylic acid groups (broad SMARTS) is 2. The summed E-state index contributed by atoms with van der Waals surface area (Å²) in [6, 6.07) is 6.89. The number of hydrogen-bond acceptors (Lipinski definition) is 6. The van der Waals surface area contributed by atoms with Gasteiger partial charge in [0.15, 0.2) is 11.6 Å². The van der Waals surface area contributed by atoms with Crippen molar-refractivity contribution in [2.24, 2.45) is 9.98 Å². The second-order valence-electron chi connectivity index (χ2n) is 14.2.